The Balaban J connectivity index is 1.97. The molecule has 4 heteroatoms. The summed E-state index contributed by atoms with van der Waals surface area (Å²) < 4.78 is 0. The fourth-order valence-electron chi connectivity index (χ4n) is 2.28. The molecule has 0 atom stereocenters. The first-order chi connectivity index (χ1) is 11.6. The van der Waals surface area contributed by atoms with Crippen LogP contribution >= 0.6 is 0 Å². The Morgan fingerprint density at radius 1 is 0.833 bits per heavy atom. The highest BCUT2D eigenvalue weighted by Gasteiger charge is 2.16. The van der Waals surface area contributed by atoms with Crippen LogP contribution in [0.1, 0.15) is 21.5 Å². The summed E-state index contributed by atoms with van der Waals surface area (Å²) in [6.45, 7) is 0. The summed E-state index contributed by atoms with van der Waals surface area (Å²) in [5, 5.41) is 20.0. The highest BCUT2D eigenvalue weighted by molar-refractivity contribution is 6.11. The minimum atomic E-state index is -0.317. The Morgan fingerprint density at radius 3 is 2.12 bits per heavy atom. The van der Waals surface area contributed by atoms with Gasteiger partial charge >= 0.3 is 0 Å². The Morgan fingerprint density at radius 2 is 1.46 bits per heavy atom. The zero-order chi connectivity index (χ0) is 16.9. The van der Waals surface area contributed by atoms with Crippen LogP contribution in [-0.2, 0) is 0 Å². The first kappa shape index (κ1) is 15.5. The van der Waals surface area contributed by atoms with E-state index in [9.17, 15) is 15.0 Å². The summed E-state index contributed by atoms with van der Waals surface area (Å²) >= 11 is 0. The highest BCUT2D eigenvalue weighted by atomic mass is 16.3. The van der Waals surface area contributed by atoms with Crippen LogP contribution in [0.15, 0.2) is 77.8 Å². The maximum Gasteiger partial charge on any atom is 0.196 e. The number of hydrogen-bond donors (Lipinski definition) is 2. The molecule has 0 unspecified atom stereocenters. The molecule has 0 heterocycles. The Kier molecular flexibility index (Phi) is 4.38. The van der Waals surface area contributed by atoms with Crippen LogP contribution in [0, 0.1) is 0 Å². The maximum absolute atomic E-state index is 12.5. The molecule has 0 aliphatic heterocycles. The van der Waals surface area contributed by atoms with E-state index in [-0.39, 0.29) is 22.8 Å². The lowest BCUT2D eigenvalue weighted by Crippen LogP contribution is -2.02. The number of phenolic OH excluding ortho intramolecular Hbond substituents is 2. The summed E-state index contributed by atoms with van der Waals surface area (Å²) in [4.78, 5) is 16.8. The van der Waals surface area contributed by atoms with Gasteiger partial charge in [-0.2, -0.15) is 0 Å². The third-order valence-electron chi connectivity index (χ3n) is 3.53. The molecule has 0 aliphatic carbocycles. The fourth-order valence-corrected chi connectivity index (χ4v) is 2.28. The van der Waals surface area contributed by atoms with E-state index < -0.39 is 0 Å². The zero-order valence-corrected chi connectivity index (χ0v) is 12.8. The number of aromatic hydroxyl groups is 2. The number of carbonyl (C=O) groups is 1. The van der Waals surface area contributed by atoms with Crippen molar-refractivity contribution in [2.75, 3.05) is 0 Å². The quantitative estimate of drug-likeness (QED) is 0.562. The number of carbonyl (C=O) groups excluding carboxylic acids is 1. The lowest BCUT2D eigenvalue weighted by molar-refractivity contribution is 0.103. The smallest absolute Gasteiger partial charge is 0.196 e. The predicted octanol–water partition coefficient (Wildman–Crippen LogP) is 4.08. The van der Waals surface area contributed by atoms with E-state index in [2.05, 4.69) is 4.99 Å². The van der Waals surface area contributed by atoms with Gasteiger partial charge in [0.2, 0.25) is 0 Å². The van der Waals surface area contributed by atoms with Crippen LogP contribution in [0.25, 0.3) is 0 Å². The van der Waals surface area contributed by atoms with Gasteiger partial charge in [0, 0.05) is 23.4 Å². The van der Waals surface area contributed by atoms with Gasteiger partial charge in [0.05, 0.1) is 11.3 Å². The van der Waals surface area contributed by atoms with Crippen molar-refractivity contribution in [1.82, 2.24) is 0 Å². The van der Waals surface area contributed by atoms with Crippen LogP contribution < -0.4 is 0 Å². The molecule has 24 heavy (non-hydrogen) atoms. The van der Waals surface area contributed by atoms with Crippen LogP contribution in [0.2, 0.25) is 0 Å². The summed E-state index contributed by atoms with van der Waals surface area (Å²) in [6.07, 6.45) is 1.46. The molecule has 0 saturated heterocycles. The standard InChI is InChI=1S/C20H15NO3/c22-18-12-19(23)17(20(24)14-7-3-1-4-8-14)11-15(18)13-21-16-9-5-2-6-10-16/h1-13,22-23H/b21-13+. The van der Waals surface area contributed by atoms with Crippen molar-refractivity contribution < 1.29 is 15.0 Å². The lowest BCUT2D eigenvalue weighted by Gasteiger charge is -2.07. The number of hydrogen-bond acceptors (Lipinski definition) is 4. The molecule has 0 bridgehead atoms. The van der Waals surface area contributed by atoms with Crippen molar-refractivity contribution in [3.63, 3.8) is 0 Å². The van der Waals surface area contributed by atoms with Crippen molar-refractivity contribution in [1.29, 1.82) is 0 Å². The zero-order valence-electron chi connectivity index (χ0n) is 12.8. The molecular formula is C20H15NO3. The molecule has 2 N–H and O–H groups in total. The molecule has 0 saturated carbocycles. The molecule has 118 valence electrons. The number of nitrogens with zero attached hydrogens (tertiary/aromatic N) is 1. The lowest BCUT2D eigenvalue weighted by atomic mass is 10.00. The SMILES string of the molecule is O=C(c1ccccc1)c1cc(/C=N/c2ccccc2)c(O)cc1O. The molecule has 0 aromatic heterocycles. The Hall–Kier alpha value is -3.40. The van der Waals surface area contributed by atoms with Crippen molar-refractivity contribution >= 4 is 17.7 Å². The van der Waals surface area contributed by atoms with Crippen LogP contribution in [0.3, 0.4) is 0 Å². The van der Waals surface area contributed by atoms with Crippen LogP contribution in [0.5, 0.6) is 11.5 Å². The topological polar surface area (TPSA) is 69.9 Å². The molecule has 3 aromatic carbocycles. The third-order valence-corrected chi connectivity index (χ3v) is 3.53. The first-order valence-electron chi connectivity index (χ1n) is 7.40. The predicted molar refractivity (Wildman–Crippen MR) is 93.3 cm³/mol. The fraction of sp³-hybridized carbons (Fsp3) is 0. The Bertz CT molecular complexity index is 888. The van der Waals surface area contributed by atoms with Gasteiger partial charge in [-0.3, -0.25) is 9.79 Å². The average Bonchev–Trinajstić information content (AvgIpc) is 2.62. The first-order valence-corrected chi connectivity index (χ1v) is 7.40. The number of ketones is 1. The number of benzene rings is 3. The van der Waals surface area contributed by atoms with E-state index in [1.807, 2.05) is 36.4 Å². The van der Waals surface area contributed by atoms with Crippen molar-refractivity contribution in [3.8, 4) is 11.5 Å². The van der Waals surface area contributed by atoms with Crippen LogP contribution in [-0.4, -0.2) is 22.2 Å². The van der Waals surface area contributed by atoms with Gasteiger partial charge in [-0.15, -0.1) is 0 Å². The Labute approximate surface area is 139 Å². The maximum atomic E-state index is 12.5. The minimum absolute atomic E-state index is 0.119. The van der Waals surface area contributed by atoms with E-state index in [1.54, 1.807) is 24.3 Å². The summed E-state index contributed by atoms with van der Waals surface area (Å²) in [5.74, 6) is -0.725. The number of phenols is 2. The minimum Gasteiger partial charge on any atom is -0.507 e. The molecular weight excluding hydrogens is 302 g/mol. The van der Waals surface area contributed by atoms with Gasteiger partial charge in [-0.05, 0) is 18.2 Å². The second-order valence-corrected chi connectivity index (χ2v) is 5.22. The monoisotopic (exact) mass is 317 g/mol. The molecule has 0 fully saturated rings. The van der Waals surface area contributed by atoms with Crippen molar-refractivity contribution in [2.24, 2.45) is 4.99 Å². The third kappa shape index (κ3) is 3.33. The van der Waals surface area contributed by atoms with Gasteiger partial charge in [0.1, 0.15) is 11.5 Å². The molecule has 0 aliphatic rings. The van der Waals surface area contributed by atoms with Gasteiger partial charge < -0.3 is 10.2 Å². The highest BCUT2D eigenvalue weighted by Crippen LogP contribution is 2.28. The van der Waals surface area contributed by atoms with Crippen molar-refractivity contribution in [3.05, 3.63) is 89.5 Å². The molecule has 4 nitrogen and oxygen atoms in total. The summed E-state index contributed by atoms with van der Waals surface area (Å²) in [7, 11) is 0. The van der Waals surface area contributed by atoms with Gasteiger partial charge in [0.25, 0.3) is 0 Å². The molecule has 3 rings (SSSR count). The summed E-state index contributed by atoms with van der Waals surface area (Å²) in [6, 6.07) is 20.5. The van der Waals surface area contributed by atoms with E-state index in [4.69, 9.17) is 0 Å². The normalized spacial score (nSPS) is 10.8. The number of para-hydroxylation sites is 1. The van der Waals surface area contributed by atoms with E-state index in [0.717, 1.165) is 11.8 Å². The van der Waals surface area contributed by atoms with Crippen molar-refractivity contribution in [2.45, 2.75) is 0 Å². The largest absolute Gasteiger partial charge is 0.507 e. The molecule has 0 radical (unpaired) electrons. The second kappa shape index (κ2) is 6.79. The van der Waals surface area contributed by atoms with Gasteiger partial charge in [-0.1, -0.05) is 48.5 Å². The van der Waals surface area contributed by atoms with E-state index in [1.165, 1.54) is 12.3 Å². The van der Waals surface area contributed by atoms with Gasteiger partial charge in [-0.25, -0.2) is 0 Å². The molecule has 0 amide bonds. The molecule has 3 aromatic rings. The number of rotatable bonds is 4. The summed E-state index contributed by atoms with van der Waals surface area (Å²) in [5.41, 5.74) is 1.66. The average molecular weight is 317 g/mol. The second-order valence-electron chi connectivity index (χ2n) is 5.22. The van der Waals surface area contributed by atoms with E-state index in [0.29, 0.717) is 11.1 Å². The van der Waals surface area contributed by atoms with E-state index >= 15 is 0 Å². The number of aliphatic imine (C=N–C) groups is 1. The molecule has 0 spiro atoms. The van der Waals surface area contributed by atoms with Crippen LogP contribution in [0.4, 0.5) is 5.69 Å². The van der Waals surface area contributed by atoms with Gasteiger partial charge in [0.15, 0.2) is 5.78 Å².